The van der Waals surface area contributed by atoms with Crippen LogP contribution in [0.3, 0.4) is 0 Å². The largest absolute Gasteiger partial charge is 0.382 e. The lowest BCUT2D eigenvalue weighted by molar-refractivity contribution is -0.103. The molecule has 0 aliphatic carbocycles. The van der Waals surface area contributed by atoms with E-state index in [4.69, 9.17) is 0 Å². The van der Waals surface area contributed by atoms with Gasteiger partial charge in [0.1, 0.15) is 6.10 Å². The van der Waals surface area contributed by atoms with Crippen molar-refractivity contribution in [3.8, 4) is 0 Å². The zero-order valence-electron chi connectivity index (χ0n) is 8.13. The predicted octanol–water partition coefficient (Wildman–Crippen LogP) is 2.50. The topological polar surface area (TPSA) is 32.3 Å². The summed E-state index contributed by atoms with van der Waals surface area (Å²) in [7, 11) is 0. The van der Waals surface area contributed by atoms with Gasteiger partial charge in [0, 0.05) is 16.1 Å². The van der Waals surface area contributed by atoms with Crippen LogP contribution in [0.15, 0.2) is 23.1 Å². The third kappa shape index (κ3) is 1.81. The highest BCUT2D eigenvalue weighted by molar-refractivity contribution is 7.98. The fraction of sp³-hybridized carbons (Fsp3) is 0.400. The monoisotopic (exact) mass is 231 g/mol. The summed E-state index contributed by atoms with van der Waals surface area (Å²) in [6.07, 6.45) is 0.208. The molecule has 15 heavy (non-hydrogen) atoms. The Kier molecular flexibility index (Phi) is 2.60. The van der Waals surface area contributed by atoms with Crippen LogP contribution in [0.25, 0.3) is 0 Å². The summed E-state index contributed by atoms with van der Waals surface area (Å²) in [5.41, 5.74) is 0.865. The summed E-state index contributed by atoms with van der Waals surface area (Å²) in [5, 5.41) is 12.1. The Hall–Kier alpha value is -0.810. The van der Waals surface area contributed by atoms with Gasteiger partial charge in [0.15, 0.2) is 0 Å². The molecule has 1 aromatic carbocycles. The molecule has 5 heteroatoms. The molecule has 0 saturated carbocycles. The van der Waals surface area contributed by atoms with E-state index in [1.165, 1.54) is 11.8 Å². The number of halogens is 2. The van der Waals surface area contributed by atoms with Crippen LogP contribution in [0, 0.1) is 0 Å². The van der Waals surface area contributed by atoms with Crippen LogP contribution >= 0.6 is 11.8 Å². The summed E-state index contributed by atoms with van der Waals surface area (Å²) in [6, 6.07) is 5.06. The molecule has 82 valence electrons. The minimum absolute atomic E-state index is 0.268. The van der Waals surface area contributed by atoms with Gasteiger partial charge in [0.2, 0.25) is 0 Å². The van der Waals surface area contributed by atoms with E-state index >= 15 is 0 Å². The summed E-state index contributed by atoms with van der Waals surface area (Å²) < 4.78 is 26.3. The quantitative estimate of drug-likeness (QED) is 0.728. The number of aliphatic hydroxyl groups is 1. The fourth-order valence-corrected chi connectivity index (χ4v) is 2.03. The number of alkyl halides is 2. The van der Waals surface area contributed by atoms with Crippen molar-refractivity contribution < 1.29 is 13.9 Å². The highest BCUT2D eigenvalue weighted by Crippen LogP contribution is 2.40. The first-order valence-electron chi connectivity index (χ1n) is 4.52. The molecule has 0 spiro atoms. The molecule has 1 aromatic rings. The Labute approximate surface area is 90.7 Å². The maximum absolute atomic E-state index is 13.1. The fourth-order valence-electron chi connectivity index (χ4n) is 1.59. The molecule has 0 fully saturated rings. The van der Waals surface area contributed by atoms with Crippen LogP contribution in [-0.2, 0) is 0 Å². The highest BCUT2D eigenvalue weighted by Gasteiger charge is 2.43. The van der Waals surface area contributed by atoms with Crippen LogP contribution in [-0.4, -0.2) is 23.8 Å². The Morgan fingerprint density at radius 1 is 1.53 bits per heavy atom. The van der Waals surface area contributed by atoms with Crippen molar-refractivity contribution in [2.75, 3.05) is 18.1 Å². The van der Waals surface area contributed by atoms with Gasteiger partial charge in [0.05, 0.1) is 6.54 Å². The Morgan fingerprint density at radius 2 is 2.27 bits per heavy atom. The minimum atomic E-state index is -3.09. The molecule has 2 rings (SSSR count). The van der Waals surface area contributed by atoms with Gasteiger partial charge >= 0.3 is 0 Å². The van der Waals surface area contributed by atoms with E-state index in [9.17, 15) is 13.9 Å². The molecule has 1 heterocycles. The van der Waals surface area contributed by atoms with E-state index in [2.05, 4.69) is 5.32 Å². The van der Waals surface area contributed by atoms with E-state index in [0.717, 1.165) is 4.90 Å². The first-order valence-corrected chi connectivity index (χ1v) is 5.75. The van der Waals surface area contributed by atoms with Gasteiger partial charge in [-0.15, -0.1) is 11.8 Å². The second-order valence-corrected chi connectivity index (χ2v) is 4.35. The number of rotatable bonds is 1. The third-order valence-electron chi connectivity index (χ3n) is 2.47. The molecule has 1 unspecified atom stereocenters. The Balaban J connectivity index is 2.42. The second kappa shape index (κ2) is 3.64. The molecular formula is C10H11F2NOS. The van der Waals surface area contributed by atoms with Crippen molar-refractivity contribution in [1.82, 2.24) is 0 Å². The minimum Gasteiger partial charge on any atom is -0.382 e. The first-order chi connectivity index (χ1) is 7.04. The molecule has 0 amide bonds. The van der Waals surface area contributed by atoms with Crippen LogP contribution < -0.4 is 5.32 Å². The number of hydrogen-bond acceptors (Lipinski definition) is 3. The number of fused-ring (bicyclic) bond motifs is 1. The number of benzene rings is 1. The van der Waals surface area contributed by atoms with Crippen molar-refractivity contribution in [1.29, 1.82) is 0 Å². The average Bonchev–Trinajstić information content (AvgIpc) is 2.23. The first kappa shape index (κ1) is 10.7. The van der Waals surface area contributed by atoms with Gasteiger partial charge < -0.3 is 10.4 Å². The molecule has 1 aliphatic heterocycles. The highest BCUT2D eigenvalue weighted by atomic mass is 32.2. The Bertz CT molecular complexity index is 384. The average molecular weight is 231 g/mol. The van der Waals surface area contributed by atoms with Crippen LogP contribution in [0.5, 0.6) is 0 Å². The third-order valence-corrected chi connectivity index (χ3v) is 3.19. The van der Waals surface area contributed by atoms with Gasteiger partial charge in [0.25, 0.3) is 5.92 Å². The standard InChI is InChI=1S/C10H11F2NOS/c1-15-6-2-3-7-8(4-6)13-5-10(11,12)9(7)14/h2-4,9,13-14H,5H2,1H3. The van der Waals surface area contributed by atoms with Gasteiger partial charge in [-0.1, -0.05) is 6.07 Å². The van der Waals surface area contributed by atoms with Crippen LogP contribution in [0.1, 0.15) is 11.7 Å². The SMILES string of the molecule is CSc1ccc2c(c1)NCC(F)(F)C2O. The van der Waals surface area contributed by atoms with E-state index in [1.54, 1.807) is 18.2 Å². The van der Waals surface area contributed by atoms with E-state index in [0.29, 0.717) is 5.69 Å². The lowest BCUT2D eigenvalue weighted by Crippen LogP contribution is -2.38. The van der Waals surface area contributed by atoms with Gasteiger partial charge in [-0.2, -0.15) is 0 Å². The molecular weight excluding hydrogens is 220 g/mol. The molecule has 0 aromatic heterocycles. The van der Waals surface area contributed by atoms with Crippen molar-refractivity contribution in [3.63, 3.8) is 0 Å². The van der Waals surface area contributed by atoms with Crippen molar-refractivity contribution in [2.24, 2.45) is 0 Å². The number of hydrogen-bond donors (Lipinski definition) is 2. The predicted molar refractivity (Wildman–Crippen MR) is 56.6 cm³/mol. The maximum Gasteiger partial charge on any atom is 0.294 e. The molecule has 0 bridgehead atoms. The molecule has 0 radical (unpaired) electrons. The van der Waals surface area contributed by atoms with E-state index in [-0.39, 0.29) is 5.56 Å². The normalized spacial score (nSPS) is 23.1. The van der Waals surface area contributed by atoms with Crippen molar-refractivity contribution in [3.05, 3.63) is 23.8 Å². The number of anilines is 1. The molecule has 2 nitrogen and oxygen atoms in total. The zero-order valence-corrected chi connectivity index (χ0v) is 8.94. The van der Waals surface area contributed by atoms with Crippen LogP contribution in [0.4, 0.5) is 14.5 Å². The van der Waals surface area contributed by atoms with Crippen molar-refractivity contribution >= 4 is 17.4 Å². The van der Waals surface area contributed by atoms with Gasteiger partial charge in [-0.25, -0.2) is 8.78 Å². The maximum atomic E-state index is 13.1. The van der Waals surface area contributed by atoms with Gasteiger partial charge in [-0.05, 0) is 18.4 Å². The molecule has 1 atom stereocenters. The summed E-state index contributed by atoms with van der Waals surface area (Å²) in [6.45, 7) is -0.515. The van der Waals surface area contributed by atoms with Crippen LogP contribution in [0.2, 0.25) is 0 Å². The smallest absolute Gasteiger partial charge is 0.294 e. The second-order valence-electron chi connectivity index (χ2n) is 3.47. The summed E-state index contributed by atoms with van der Waals surface area (Å²) in [4.78, 5) is 0.985. The van der Waals surface area contributed by atoms with E-state index in [1.807, 2.05) is 6.26 Å². The summed E-state index contributed by atoms with van der Waals surface area (Å²) >= 11 is 1.53. The number of thioether (sulfide) groups is 1. The molecule has 2 N–H and O–H groups in total. The molecule has 1 aliphatic rings. The number of aliphatic hydroxyl groups excluding tert-OH is 1. The lowest BCUT2D eigenvalue weighted by atomic mass is 9.98. The van der Waals surface area contributed by atoms with Crippen molar-refractivity contribution in [2.45, 2.75) is 16.9 Å². The lowest BCUT2D eigenvalue weighted by Gasteiger charge is -2.31. The number of nitrogens with one attached hydrogen (secondary N) is 1. The Morgan fingerprint density at radius 3 is 2.93 bits per heavy atom. The van der Waals surface area contributed by atoms with E-state index < -0.39 is 18.6 Å². The summed E-state index contributed by atoms with van der Waals surface area (Å²) in [5.74, 6) is -3.09. The zero-order chi connectivity index (χ0) is 11.1. The molecule has 0 saturated heterocycles. The van der Waals surface area contributed by atoms with Gasteiger partial charge in [-0.3, -0.25) is 0 Å².